The Labute approximate surface area is 151 Å². The van der Waals surface area contributed by atoms with Crippen molar-refractivity contribution in [3.05, 3.63) is 60.2 Å². The van der Waals surface area contributed by atoms with Crippen molar-refractivity contribution >= 4 is 34.3 Å². The van der Waals surface area contributed by atoms with Crippen molar-refractivity contribution in [1.29, 1.82) is 0 Å². The summed E-state index contributed by atoms with van der Waals surface area (Å²) in [6.45, 7) is 2.09. The number of thioether (sulfide) groups is 1. The lowest BCUT2D eigenvalue weighted by molar-refractivity contribution is -0.115. The minimum absolute atomic E-state index is 0.0155. The van der Waals surface area contributed by atoms with Gasteiger partial charge in [0.25, 0.3) is 0 Å². The number of anilines is 1. The van der Waals surface area contributed by atoms with Gasteiger partial charge in [-0.15, -0.1) is 11.8 Å². The molecular weight excluding hydrogens is 332 g/mol. The Kier molecular flexibility index (Phi) is 5.56. The second-order valence-electron chi connectivity index (χ2n) is 5.67. The fraction of sp³-hybridized carbons (Fsp3) is 0.200. The van der Waals surface area contributed by atoms with Gasteiger partial charge in [0.2, 0.25) is 5.91 Å². The standard InChI is InChI=1S/C20H20N2O2S/c1-14-12-20(22-18-9-4-3-8-17(14)18)25-11-10-19(23)21-15-6-5-7-16(13-15)24-2/h3-9,12-13H,10-11H2,1-2H3,(H,21,23). The number of aryl methyl sites for hydroxylation is 1. The summed E-state index contributed by atoms with van der Waals surface area (Å²) in [6, 6.07) is 17.5. The van der Waals surface area contributed by atoms with Gasteiger partial charge in [-0.25, -0.2) is 4.98 Å². The van der Waals surface area contributed by atoms with Gasteiger partial charge >= 0.3 is 0 Å². The van der Waals surface area contributed by atoms with E-state index in [1.165, 1.54) is 10.9 Å². The molecule has 3 rings (SSSR count). The minimum atomic E-state index is -0.0155. The Morgan fingerprint density at radius 3 is 2.84 bits per heavy atom. The molecule has 0 aliphatic rings. The third-order valence-corrected chi connectivity index (χ3v) is 4.75. The smallest absolute Gasteiger partial charge is 0.225 e. The van der Waals surface area contributed by atoms with Gasteiger partial charge in [-0.3, -0.25) is 4.79 Å². The molecule has 4 nitrogen and oxygen atoms in total. The summed E-state index contributed by atoms with van der Waals surface area (Å²) >= 11 is 1.60. The molecular formula is C20H20N2O2S. The van der Waals surface area contributed by atoms with Crippen LogP contribution in [0.25, 0.3) is 10.9 Å². The first-order chi connectivity index (χ1) is 12.2. The van der Waals surface area contributed by atoms with E-state index in [9.17, 15) is 4.79 Å². The SMILES string of the molecule is COc1cccc(NC(=O)CCSc2cc(C)c3ccccc3n2)c1. The molecule has 128 valence electrons. The molecule has 0 aliphatic heterocycles. The third kappa shape index (κ3) is 4.51. The van der Waals surface area contributed by atoms with Crippen molar-refractivity contribution in [1.82, 2.24) is 4.98 Å². The molecule has 0 bridgehead atoms. The number of carbonyl (C=O) groups excluding carboxylic acids is 1. The highest BCUT2D eigenvalue weighted by molar-refractivity contribution is 7.99. The number of carbonyl (C=O) groups is 1. The predicted molar refractivity (Wildman–Crippen MR) is 103 cm³/mol. The van der Waals surface area contributed by atoms with Gasteiger partial charge in [-0.1, -0.05) is 24.3 Å². The Morgan fingerprint density at radius 1 is 1.16 bits per heavy atom. The molecule has 1 aromatic heterocycles. The number of para-hydroxylation sites is 1. The molecule has 25 heavy (non-hydrogen) atoms. The number of aromatic nitrogens is 1. The zero-order valence-electron chi connectivity index (χ0n) is 14.3. The van der Waals surface area contributed by atoms with Gasteiger partial charge in [-0.2, -0.15) is 0 Å². The van der Waals surface area contributed by atoms with Crippen LogP contribution in [0.2, 0.25) is 0 Å². The topological polar surface area (TPSA) is 51.2 Å². The minimum Gasteiger partial charge on any atom is -0.497 e. The largest absolute Gasteiger partial charge is 0.497 e. The van der Waals surface area contributed by atoms with Crippen molar-refractivity contribution < 1.29 is 9.53 Å². The van der Waals surface area contributed by atoms with Crippen molar-refractivity contribution in [3.63, 3.8) is 0 Å². The summed E-state index contributed by atoms with van der Waals surface area (Å²) < 4.78 is 5.16. The van der Waals surface area contributed by atoms with E-state index in [1.54, 1.807) is 24.9 Å². The molecule has 0 saturated carbocycles. The number of ether oxygens (including phenoxy) is 1. The van der Waals surface area contributed by atoms with Gasteiger partial charge in [0, 0.05) is 29.3 Å². The number of fused-ring (bicyclic) bond motifs is 1. The molecule has 0 unspecified atom stereocenters. The molecule has 1 heterocycles. The Bertz CT molecular complexity index is 896. The van der Waals surface area contributed by atoms with Crippen LogP contribution in [0.3, 0.4) is 0 Å². The van der Waals surface area contributed by atoms with Crippen molar-refractivity contribution in [2.75, 3.05) is 18.2 Å². The van der Waals surface area contributed by atoms with Gasteiger partial charge in [0.05, 0.1) is 17.7 Å². The Balaban J connectivity index is 1.56. The van der Waals surface area contributed by atoms with Crippen LogP contribution in [-0.4, -0.2) is 23.8 Å². The van der Waals surface area contributed by atoms with Crippen LogP contribution < -0.4 is 10.1 Å². The lowest BCUT2D eigenvalue weighted by atomic mass is 10.1. The number of pyridine rings is 1. The number of amides is 1. The maximum atomic E-state index is 12.1. The van der Waals surface area contributed by atoms with Crippen LogP contribution in [0.5, 0.6) is 5.75 Å². The number of rotatable bonds is 6. The van der Waals surface area contributed by atoms with E-state index in [0.29, 0.717) is 12.2 Å². The molecule has 0 aliphatic carbocycles. The highest BCUT2D eigenvalue weighted by Gasteiger charge is 2.06. The summed E-state index contributed by atoms with van der Waals surface area (Å²) in [5.41, 5.74) is 2.94. The molecule has 3 aromatic rings. The van der Waals surface area contributed by atoms with Gasteiger partial charge < -0.3 is 10.1 Å². The first-order valence-electron chi connectivity index (χ1n) is 8.09. The number of nitrogens with zero attached hydrogens (tertiary/aromatic N) is 1. The number of hydrogen-bond donors (Lipinski definition) is 1. The van der Waals surface area contributed by atoms with Gasteiger partial charge in [0.1, 0.15) is 5.75 Å². The quantitative estimate of drug-likeness (QED) is 0.655. The lowest BCUT2D eigenvalue weighted by Gasteiger charge is -2.08. The van der Waals surface area contributed by atoms with E-state index >= 15 is 0 Å². The maximum Gasteiger partial charge on any atom is 0.225 e. The Hall–Kier alpha value is -2.53. The van der Waals surface area contributed by atoms with Crippen LogP contribution in [-0.2, 0) is 4.79 Å². The second kappa shape index (κ2) is 8.03. The normalized spacial score (nSPS) is 10.6. The summed E-state index contributed by atoms with van der Waals surface area (Å²) in [5.74, 6) is 1.39. The third-order valence-electron chi connectivity index (χ3n) is 3.83. The molecule has 0 spiro atoms. The molecule has 0 fully saturated rings. The first kappa shape index (κ1) is 17.3. The van der Waals surface area contributed by atoms with Crippen molar-refractivity contribution in [2.24, 2.45) is 0 Å². The van der Waals surface area contributed by atoms with Crippen LogP contribution in [0.15, 0.2) is 59.6 Å². The molecule has 2 aromatic carbocycles. The average molecular weight is 352 g/mol. The number of methoxy groups -OCH3 is 1. The van der Waals surface area contributed by atoms with Crippen molar-refractivity contribution in [2.45, 2.75) is 18.4 Å². The highest BCUT2D eigenvalue weighted by Crippen LogP contribution is 2.24. The van der Waals surface area contributed by atoms with Gasteiger partial charge in [0.15, 0.2) is 0 Å². The van der Waals surface area contributed by atoms with E-state index in [1.807, 2.05) is 36.4 Å². The lowest BCUT2D eigenvalue weighted by Crippen LogP contribution is -2.12. The summed E-state index contributed by atoms with van der Waals surface area (Å²) in [6.07, 6.45) is 0.426. The fourth-order valence-corrected chi connectivity index (χ4v) is 3.48. The fourth-order valence-electron chi connectivity index (χ4n) is 2.57. The highest BCUT2D eigenvalue weighted by atomic mass is 32.2. The number of nitrogens with one attached hydrogen (secondary N) is 1. The van der Waals surface area contributed by atoms with E-state index < -0.39 is 0 Å². The van der Waals surface area contributed by atoms with Crippen LogP contribution in [0.1, 0.15) is 12.0 Å². The zero-order chi connectivity index (χ0) is 17.6. The zero-order valence-corrected chi connectivity index (χ0v) is 15.1. The monoisotopic (exact) mass is 352 g/mol. The second-order valence-corrected chi connectivity index (χ2v) is 6.79. The summed E-state index contributed by atoms with van der Waals surface area (Å²) in [7, 11) is 1.61. The maximum absolute atomic E-state index is 12.1. The predicted octanol–water partition coefficient (Wildman–Crippen LogP) is 4.67. The average Bonchev–Trinajstić information content (AvgIpc) is 2.62. The van der Waals surface area contributed by atoms with Gasteiger partial charge in [-0.05, 0) is 36.8 Å². The van der Waals surface area contributed by atoms with E-state index in [0.717, 1.165) is 22.0 Å². The van der Waals surface area contributed by atoms with E-state index in [2.05, 4.69) is 29.4 Å². The number of benzene rings is 2. The van der Waals surface area contributed by atoms with Crippen LogP contribution in [0.4, 0.5) is 5.69 Å². The Morgan fingerprint density at radius 2 is 2.00 bits per heavy atom. The summed E-state index contributed by atoms with van der Waals surface area (Å²) in [5, 5.41) is 5.01. The number of hydrogen-bond acceptors (Lipinski definition) is 4. The van der Waals surface area contributed by atoms with Crippen LogP contribution in [0, 0.1) is 6.92 Å². The molecule has 0 saturated heterocycles. The molecule has 0 radical (unpaired) electrons. The molecule has 1 N–H and O–H groups in total. The van der Waals surface area contributed by atoms with Crippen molar-refractivity contribution in [3.8, 4) is 5.75 Å². The van der Waals surface area contributed by atoms with E-state index in [4.69, 9.17) is 4.74 Å². The molecule has 0 atom stereocenters. The molecule has 1 amide bonds. The molecule has 5 heteroatoms. The van der Waals surface area contributed by atoms with E-state index in [-0.39, 0.29) is 5.91 Å². The van der Waals surface area contributed by atoms with Crippen LogP contribution >= 0.6 is 11.8 Å². The first-order valence-corrected chi connectivity index (χ1v) is 9.07. The summed E-state index contributed by atoms with van der Waals surface area (Å²) in [4.78, 5) is 16.8.